The summed E-state index contributed by atoms with van der Waals surface area (Å²) in [6.45, 7) is 4.15. The van der Waals surface area contributed by atoms with Crippen molar-refractivity contribution in [3.8, 4) is 11.5 Å². The predicted molar refractivity (Wildman–Crippen MR) is 69.9 cm³/mol. The van der Waals surface area contributed by atoms with Crippen LogP contribution < -0.4 is 15.8 Å². The highest BCUT2D eigenvalue weighted by molar-refractivity contribution is 5.97. The average Bonchev–Trinajstić information content (AvgIpc) is 2.38. The summed E-state index contributed by atoms with van der Waals surface area (Å²) < 4.78 is 4.96. The Hall–Kier alpha value is -1.75. The monoisotopic (exact) mass is 252 g/mol. The van der Waals surface area contributed by atoms with Crippen LogP contribution in [0.1, 0.15) is 30.6 Å². The predicted octanol–water partition coefficient (Wildman–Crippen LogP) is 1.26. The summed E-state index contributed by atoms with van der Waals surface area (Å²) in [4.78, 5) is 12.0. The van der Waals surface area contributed by atoms with Crippen molar-refractivity contribution in [2.24, 2.45) is 5.73 Å². The van der Waals surface area contributed by atoms with Gasteiger partial charge in [-0.25, -0.2) is 0 Å². The van der Waals surface area contributed by atoms with Crippen LogP contribution in [0, 0.1) is 0 Å². The Morgan fingerprint density at radius 3 is 2.67 bits per heavy atom. The van der Waals surface area contributed by atoms with Gasteiger partial charge in [0, 0.05) is 18.2 Å². The third-order valence-electron chi connectivity index (χ3n) is 3.10. The number of phenols is 1. The van der Waals surface area contributed by atoms with Gasteiger partial charge < -0.3 is 20.9 Å². The normalized spacial score (nSPS) is 13.8. The van der Waals surface area contributed by atoms with Gasteiger partial charge in [0.1, 0.15) is 11.5 Å². The molecule has 18 heavy (non-hydrogen) atoms. The smallest absolute Gasteiger partial charge is 0.255 e. The van der Waals surface area contributed by atoms with Crippen LogP contribution in [0.3, 0.4) is 0 Å². The second-order valence-corrected chi connectivity index (χ2v) is 4.46. The molecule has 0 saturated carbocycles. The molecule has 1 atom stereocenters. The van der Waals surface area contributed by atoms with Gasteiger partial charge in [0.15, 0.2) is 0 Å². The number of hydrogen-bond acceptors (Lipinski definition) is 4. The molecule has 4 N–H and O–H groups in total. The second kappa shape index (κ2) is 5.73. The number of carbonyl (C=O) groups excluding carboxylic acids is 1. The third-order valence-corrected chi connectivity index (χ3v) is 3.10. The second-order valence-electron chi connectivity index (χ2n) is 4.46. The number of nitrogens with one attached hydrogen (secondary N) is 1. The van der Waals surface area contributed by atoms with Gasteiger partial charge in [-0.1, -0.05) is 6.92 Å². The summed E-state index contributed by atoms with van der Waals surface area (Å²) in [5.74, 6) is 0.0494. The third kappa shape index (κ3) is 3.13. The number of methoxy groups -OCH3 is 1. The summed E-state index contributed by atoms with van der Waals surface area (Å²) in [5, 5.41) is 12.6. The largest absolute Gasteiger partial charge is 0.507 e. The molecule has 1 unspecified atom stereocenters. The van der Waals surface area contributed by atoms with Crippen LogP contribution in [0.5, 0.6) is 11.5 Å². The maximum Gasteiger partial charge on any atom is 0.255 e. The fourth-order valence-electron chi connectivity index (χ4n) is 1.46. The number of carbonyl (C=O) groups is 1. The molecule has 1 aromatic rings. The summed E-state index contributed by atoms with van der Waals surface area (Å²) in [7, 11) is 1.50. The number of benzene rings is 1. The molecule has 1 rings (SSSR count). The molecular formula is C13H20N2O3. The van der Waals surface area contributed by atoms with Crippen LogP contribution in [-0.2, 0) is 0 Å². The number of hydrogen-bond donors (Lipinski definition) is 3. The molecule has 100 valence electrons. The molecule has 0 radical (unpaired) electrons. The minimum Gasteiger partial charge on any atom is -0.507 e. The number of amides is 1. The fraction of sp³-hybridized carbons (Fsp3) is 0.462. The highest BCUT2D eigenvalue weighted by Crippen LogP contribution is 2.23. The number of nitrogens with two attached hydrogens (primary N) is 1. The van der Waals surface area contributed by atoms with E-state index in [1.165, 1.54) is 19.2 Å². The molecule has 1 amide bonds. The van der Waals surface area contributed by atoms with Crippen molar-refractivity contribution in [1.82, 2.24) is 5.32 Å². The van der Waals surface area contributed by atoms with Crippen LogP contribution in [0.25, 0.3) is 0 Å². The molecule has 0 spiro atoms. The lowest BCUT2D eigenvalue weighted by Crippen LogP contribution is -2.50. The van der Waals surface area contributed by atoms with Gasteiger partial charge in [-0.3, -0.25) is 4.79 Å². The summed E-state index contributed by atoms with van der Waals surface area (Å²) in [6.07, 6.45) is 0.714. The Balaban J connectivity index is 2.91. The van der Waals surface area contributed by atoms with E-state index in [1.807, 2.05) is 13.8 Å². The average molecular weight is 252 g/mol. The van der Waals surface area contributed by atoms with E-state index in [0.717, 1.165) is 0 Å². The Bertz CT molecular complexity index is 428. The van der Waals surface area contributed by atoms with Crippen molar-refractivity contribution in [1.29, 1.82) is 0 Å². The lowest BCUT2D eigenvalue weighted by atomic mass is 9.98. The van der Waals surface area contributed by atoms with Gasteiger partial charge in [-0.05, 0) is 25.5 Å². The lowest BCUT2D eigenvalue weighted by molar-refractivity contribution is 0.0904. The van der Waals surface area contributed by atoms with Gasteiger partial charge in [-0.2, -0.15) is 0 Å². The molecule has 0 aromatic heterocycles. The van der Waals surface area contributed by atoms with Crippen molar-refractivity contribution in [3.05, 3.63) is 23.8 Å². The first-order valence-corrected chi connectivity index (χ1v) is 5.85. The molecule has 1 aromatic carbocycles. The molecule has 0 heterocycles. The van der Waals surface area contributed by atoms with E-state index in [9.17, 15) is 9.90 Å². The molecule has 5 heteroatoms. The zero-order valence-electron chi connectivity index (χ0n) is 11.0. The maximum absolute atomic E-state index is 12.0. The minimum absolute atomic E-state index is 0.109. The van der Waals surface area contributed by atoms with Gasteiger partial charge in [0.05, 0.1) is 12.7 Å². The standard InChI is InChI=1S/C13H20N2O3/c1-4-13(2,8-14)15-12(17)10-6-5-9(18-3)7-11(10)16/h5-7,16H,4,8,14H2,1-3H3,(H,15,17). The lowest BCUT2D eigenvalue weighted by Gasteiger charge is -2.28. The van der Waals surface area contributed by atoms with Crippen LogP contribution >= 0.6 is 0 Å². The zero-order valence-corrected chi connectivity index (χ0v) is 11.0. The van der Waals surface area contributed by atoms with Crippen LogP contribution in [0.2, 0.25) is 0 Å². The first kappa shape index (κ1) is 14.3. The Kier molecular flexibility index (Phi) is 4.55. The number of rotatable bonds is 5. The topological polar surface area (TPSA) is 84.6 Å². The zero-order chi connectivity index (χ0) is 13.8. The van der Waals surface area contributed by atoms with E-state index >= 15 is 0 Å². The summed E-state index contributed by atoms with van der Waals surface area (Å²) in [5.41, 5.74) is 5.37. The molecular weight excluding hydrogens is 232 g/mol. The maximum atomic E-state index is 12.0. The summed E-state index contributed by atoms with van der Waals surface area (Å²) >= 11 is 0. The van der Waals surface area contributed by atoms with Crippen LogP contribution in [0.4, 0.5) is 0 Å². The highest BCUT2D eigenvalue weighted by Gasteiger charge is 2.24. The first-order valence-electron chi connectivity index (χ1n) is 5.85. The number of aromatic hydroxyl groups is 1. The van der Waals surface area contributed by atoms with Crippen molar-refractivity contribution >= 4 is 5.91 Å². The quantitative estimate of drug-likeness (QED) is 0.736. The Labute approximate surface area is 107 Å². The van der Waals surface area contributed by atoms with Crippen molar-refractivity contribution < 1.29 is 14.6 Å². The Morgan fingerprint density at radius 1 is 1.56 bits per heavy atom. The molecule has 0 aliphatic heterocycles. The molecule has 0 aliphatic carbocycles. The van der Waals surface area contributed by atoms with E-state index in [1.54, 1.807) is 6.07 Å². The van der Waals surface area contributed by atoms with Gasteiger partial charge in [-0.15, -0.1) is 0 Å². The summed E-state index contributed by atoms with van der Waals surface area (Å²) in [6, 6.07) is 4.55. The molecule has 0 aliphatic rings. The number of ether oxygens (including phenoxy) is 1. The van der Waals surface area contributed by atoms with Crippen molar-refractivity contribution in [2.45, 2.75) is 25.8 Å². The molecule has 0 fully saturated rings. The van der Waals surface area contributed by atoms with Gasteiger partial charge in [0.2, 0.25) is 0 Å². The van der Waals surface area contributed by atoms with E-state index in [-0.39, 0.29) is 17.2 Å². The number of phenolic OH excluding ortho intramolecular Hbond substituents is 1. The Morgan fingerprint density at radius 2 is 2.22 bits per heavy atom. The fourth-order valence-corrected chi connectivity index (χ4v) is 1.46. The van der Waals surface area contributed by atoms with Gasteiger partial charge >= 0.3 is 0 Å². The van der Waals surface area contributed by atoms with Gasteiger partial charge in [0.25, 0.3) is 5.91 Å². The molecule has 0 bridgehead atoms. The van der Waals surface area contributed by atoms with E-state index in [2.05, 4.69) is 5.32 Å². The minimum atomic E-state index is -0.469. The highest BCUT2D eigenvalue weighted by atomic mass is 16.5. The van der Waals surface area contributed by atoms with Crippen LogP contribution in [0.15, 0.2) is 18.2 Å². The van der Waals surface area contributed by atoms with Crippen molar-refractivity contribution in [2.75, 3.05) is 13.7 Å². The van der Waals surface area contributed by atoms with E-state index in [0.29, 0.717) is 18.7 Å². The van der Waals surface area contributed by atoms with E-state index < -0.39 is 5.54 Å². The molecule has 0 saturated heterocycles. The molecule has 5 nitrogen and oxygen atoms in total. The van der Waals surface area contributed by atoms with Crippen molar-refractivity contribution in [3.63, 3.8) is 0 Å². The SMILES string of the molecule is CCC(C)(CN)NC(=O)c1ccc(OC)cc1O. The van der Waals surface area contributed by atoms with E-state index in [4.69, 9.17) is 10.5 Å². The van der Waals surface area contributed by atoms with Crippen LogP contribution in [-0.4, -0.2) is 30.2 Å². The first-order chi connectivity index (χ1) is 8.45.